The number of hydrogen-bond acceptors (Lipinski definition) is 2. The highest BCUT2D eigenvalue weighted by Crippen LogP contribution is 2.13. The van der Waals surface area contributed by atoms with E-state index in [1.165, 1.54) is 5.56 Å². The van der Waals surface area contributed by atoms with Gasteiger partial charge in [-0.05, 0) is 30.0 Å². The Balaban J connectivity index is 2.69. The van der Waals surface area contributed by atoms with Gasteiger partial charge in [-0.15, -0.1) is 0 Å². The number of benzene rings is 1. The summed E-state index contributed by atoms with van der Waals surface area (Å²) in [6.07, 6.45) is 1.83. The molecule has 17 heavy (non-hydrogen) atoms. The van der Waals surface area contributed by atoms with E-state index in [1.54, 1.807) is 0 Å². The molecule has 0 aromatic heterocycles. The average molecular weight is 255 g/mol. The molecule has 1 aromatic rings. The Hall–Kier alpha value is -1.03. The SMILES string of the molecule is CCc1ccc(NS(=O)(=O)C[C@@H](C)CC)cc1. The molecule has 1 atom stereocenters. The lowest BCUT2D eigenvalue weighted by Gasteiger charge is -2.11. The first-order valence-electron chi connectivity index (χ1n) is 6.06. The van der Waals surface area contributed by atoms with E-state index in [4.69, 9.17) is 0 Å². The van der Waals surface area contributed by atoms with Crippen molar-refractivity contribution in [2.24, 2.45) is 5.92 Å². The number of nitrogens with one attached hydrogen (secondary N) is 1. The van der Waals surface area contributed by atoms with Crippen LogP contribution in [0.25, 0.3) is 0 Å². The molecule has 1 N–H and O–H groups in total. The summed E-state index contributed by atoms with van der Waals surface area (Å²) in [6.45, 7) is 6.01. The molecule has 0 bridgehead atoms. The summed E-state index contributed by atoms with van der Waals surface area (Å²) in [6, 6.07) is 7.52. The molecular formula is C13H21NO2S. The van der Waals surface area contributed by atoms with Crippen molar-refractivity contribution in [3.05, 3.63) is 29.8 Å². The Labute approximate surface area is 104 Å². The molecule has 0 saturated carbocycles. The number of hydrogen-bond donors (Lipinski definition) is 1. The Morgan fingerprint density at radius 1 is 1.18 bits per heavy atom. The number of sulfonamides is 1. The fourth-order valence-electron chi connectivity index (χ4n) is 1.52. The molecule has 96 valence electrons. The summed E-state index contributed by atoms with van der Waals surface area (Å²) in [7, 11) is -3.22. The summed E-state index contributed by atoms with van der Waals surface area (Å²) in [5.74, 6) is 0.362. The van der Waals surface area contributed by atoms with Crippen LogP contribution in [0, 0.1) is 5.92 Å². The van der Waals surface area contributed by atoms with Crippen LogP contribution in [0.1, 0.15) is 32.8 Å². The molecule has 4 heteroatoms. The van der Waals surface area contributed by atoms with E-state index in [2.05, 4.69) is 11.6 Å². The number of aryl methyl sites for hydroxylation is 1. The van der Waals surface area contributed by atoms with E-state index in [-0.39, 0.29) is 11.7 Å². The van der Waals surface area contributed by atoms with Crippen molar-refractivity contribution >= 4 is 15.7 Å². The van der Waals surface area contributed by atoms with Crippen molar-refractivity contribution in [3.8, 4) is 0 Å². The topological polar surface area (TPSA) is 46.2 Å². The predicted octanol–water partition coefficient (Wildman–Crippen LogP) is 3.04. The molecule has 0 amide bonds. The highest BCUT2D eigenvalue weighted by atomic mass is 32.2. The predicted molar refractivity (Wildman–Crippen MR) is 72.7 cm³/mol. The van der Waals surface area contributed by atoms with Crippen LogP contribution in [0.2, 0.25) is 0 Å². The van der Waals surface area contributed by atoms with Crippen molar-refractivity contribution in [2.45, 2.75) is 33.6 Å². The van der Waals surface area contributed by atoms with Crippen LogP contribution in [-0.2, 0) is 16.4 Å². The van der Waals surface area contributed by atoms with Crippen LogP contribution in [0.15, 0.2) is 24.3 Å². The quantitative estimate of drug-likeness (QED) is 0.849. The first-order valence-corrected chi connectivity index (χ1v) is 7.71. The Kier molecular flexibility index (Phi) is 5.00. The van der Waals surface area contributed by atoms with E-state index in [1.807, 2.05) is 38.1 Å². The zero-order valence-corrected chi connectivity index (χ0v) is 11.5. The van der Waals surface area contributed by atoms with Gasteiger partial charge in [-0.3, -0.25) is 4.72 Å². The minimum atomic E-state index is -3.22. The standard InChI is InChI=1S/C13H21NO2S/c1-4-11(3)10-17(15,16)14-13-8-6-12(5-2)7-9-13/h6-9,11,14H,4-5,10H2,1-3H3/t11-/m0/s1. The molecule has 0 saturated heterocycles. The van der Waals surface area contributed by atoms with Crippen molar-refractivity contribution < 1.29 is 8.42 Å². The molecule has 0 aliphatic heterocycles. The minimum Gasteiger partial charge on any atom is -0.284 e. The van der Waals surface area contributed by atoms with Gasteiger partial charge in [-0.25, -0.2) is 8.42 Å². The van der Waals surface area contributed by atoms with Crippen LogP contribution in [0.3, 0.4) is 0 Å². The Bertz CT molecular complexity index is 437. The molecule has 3 nitrogen and oxygen atoms in total. The van der Waals surface area contributed by atoms with Gasteiger partial charge in [0, 0.05) is 5.69 Å². The maximum Gasteiger partial charge on any atom is 0.232 e. The highest BCUT2D eigenvalue weighted by molar-refractivity contribution is 7.92. The maximum absolute atomic E-state index is 11.8. The van der Waals surface area contributed by atoms with E-state index < -0.39 is 10.0 Å². The number of rotatable bonds is 6. The zero-order chi connectivity index (χ0) is 12.9. The molecule has 0 heterocycles. The van der Waals surface area contributed by atoms with Crippen LogP contribution in [0.5, 0.6) is 0 Å². The van der Waals surface area contributed by atoms with Crippen LogP contribution >= 0.6 is 0 Å². The van der Waals surface area contributed by atoms with E-state index in [9.17, 15) is 8.42 Å². The van der Waals surface area contributed by atoms with Gasteiger partial charge in [0.05, 0.1) is 5.75 Å². The molecule has 1 rings (SSSR count). The van der Waals surface area contributed by atoms with E-state index in [0.29, 0.717) is 5.69 Å². The molecule has 0 spiro atoms. The fourth-order valence-corrected chi connectivity index (χ4v) is 3.09. The third-order valence-electron chi connectivity index (χ3n) is 2.84. The highest BCUT2D eigenvalue weighted by Gasteiger charge is 2.14. The normalized spacial score (nSPS) is 13.4. The van der Waals surface area contributed by atoms with Gasteiger partial charge < -0.3 is 0 Å². The molecule has 0 fully saturated rings. The minimum absolute atomic E-state index is 0.180. The largest absolute Gasteiger partial charge is 0.284 e. The van der Waals surface area contributed by atoms with Gasteiger partial charge >= 0.3 is 0 Å². The van der Waals surface area contributed by atoms with E-state index >= 15 is 0 Å². The first kappa shape index (κ1) is 14.0. The van der Waals surface area contributed by atoms with Gasteiger partial charge in [-0.1, -0.05) is 39.3 Å². The second-order valence-electron chi connectivity index (χ2n) is 4.45. The zero-order valence-electron chi connectivity index (χ0n) is 10.7. The van der Waals surface area contributed by atoms with Crippen molar-refractivity contribution in [2.75, 3.05) is 10.5 Å². The molecule has 0 aliphatic rings. The molecule has 0 unspecified atom stereocenters. The molecule has 1 aromatic carbocycles. The first-order chi connectivity index (χ1) is 7.96. The lowest BCUT2D eigenvalue weighted by atomic mass is 10.2. The molecule has 0 aliphatic carbocycles. The lowest BCUT2D eigenvalue weighted by molar-refractivity contribution is 0.568. The second-order valence-corrected chi connectivity index (χ2v) is 6.21. The summed E-state index contributed by atoms with van der Waals surface area (Å²) in [5, 5.41) is 0. The summed E-state index contributed by atoms with van der Waals surface area (Å²) >= 11 is 0. The molecular weight excluding hydrogens is 234 g/mol. The summed E-state index contributed by atoms with van der Waals surface area (Å²) in [4.78, 5) is 0. The van der Waals surface area contributed by atoms with Gasteiger partial charge in [0.25, 0.3) is 0 Å². The Morgan fingerprint density at radius 3 is 2.24 bits per heavy atom. The maximum atomic E-state index is 11.8. The Morgan fingerprint density at radius 2 is 1.76 bits per heavy atom. The van der Waals surface area contributed by atoms with Gasteiger partial charge in [0.1, 0.15) is 0 Å². The third-order valence-corrected chi connectivity index (χ3v) is 4.39. The van der Waals surface area contributed by atoms with Crippen molar-refractivity contribution in [1.29, 1.82) is 0 Å². The lowest BCUT2D eigenvalue weighted by Crippen LogP contribution is -2.21. The number of anilines is 1. The second kappa shape index (κ2) is 6.05. The average Bonchev–Trinajstić information content (AvgIpc) is 2.28. The van der Waals surface area contributed by atoms with Crippen LogP contribution in [0.4, 0.5) is 5.69 Å². The van der Waals surface area contributed by atoms with Crippen LogP contribution < -0.4 is 4.72 Å². The monoisotopic (exact) mass is 255 g/mol. The van der Waals surface area contributed by atoms with E-state index in [0.717, 1.165) is 12.8 Å². The van der Waals surface area contributed by atoms with Gasteiger partial charge in [-0.2, -0.15) is 0 Å². The summed E-state index contributed by atoms with van der Waals surface area (Å²) in [5.41, 5.74) is 1.85. The van der Waals surface area contributed by atoms with Gasteiger partial charge in [0.15, 0.2) is 0 Å². The molecule has 0 radical (unpaired) electrons. The van der Waals surface area contributed by atoms with Crippen molar-refractivity contribution in [3.63, 3.8) is 0 Å². The third kappa shape index (κ3) is 4.77. The van der Waals surface area contributed by atoms with Crippen LogP contribution in [-0.4, -0.2) is 14.2 Å². The smallest absolute Gasteiger partial charge is 0.232 e. The fraction of sp³-hybridized carbons (Fsp3) is 0.538. The van der Waals surface area contributed by atoms with Crippen molar-refractivity contribution in [1.82, 2.24) is 0 Å². The van der Waals surface area contributed by atoms with Gasteiger partial charge in [0.2, 0.25) is 10.0 Å². The summed E-state index contributed by atoms with van der Waals surface area (Å²) < 4.78 is 26.2.